The van der Waals surface area contributed by atoms with Gasteiger partial charge >= 0.3 is 6.18 Å². The molecular formula is C27H32F3N5O2. The highest BCUT2D eigenvalue weighted by Gasteiger charge is 2.31. The average molecular weight is 516 g/mol. The van der Waals surface area contributed by atoms with Crippen LogP contribution in [0.25, 0.3) is 22.2 Å². The number of aromatic amines is 1. The van der Waals surface area contributed by atoms with Gasteiger partial charge in [0.25, 0.3) is 0 Å². The standard InChI is InChI=1S/C27H32F3N5O2/c1-16(2)24(23(36)7-8-27(28,29)30)35-20-10-19(13-31-14-20)22-15-33-25-21(22)9-17(11-32-25)12-34-26(37)18-5-3-4-6-18/h9-11,13-16,18,24,35H,3-8,12H2,1-2H3,(H,32,33)(H,34,37). The molecule has 0 radical (unpaired) electrons. The number of aromatic nitrogens is 3. The lowest BCUT2D eigenvalue weighted by molar-refractivity contribution is -0.143. The zero-order chi connectivity index (χ0) is 26.6. The van der Waals surface area contributed by atoms with Crippen molar-refractivity contribution in [2.24, 2.45) is 11.8 Å². The van der Waals surface area contributed by atoms with Crippen molar-refractivity contribution in [2.45, 2.75) is 71.1 Å². The minimum Gasteiger partial charge on any atom is -0.374 e. The summed E-state index contributed by atoms with van der Waals surface area (Å²) < 4.78 is 37.9. The third kappa shape index (κ3) is 6.87. The van der Waals surface area contributed by atoms with Crippen LogP contribution in [-0.2, 0) is 16.1 Å². The highest BCUT2D eigenvalue weighted by Crippen LogP contribution is 2.30. The Balaban J connectivity index is 1.50. The predicted molar refractivity (Wildman–Crippen MR) is 136 cm³/mol. The average Bonchev–Trinajstić information content (AvgIpc) is 3.54. The summed E-state index contributed by atoms with van der Waals surface area (Å²) in [6.07, 6.45) is 4.76. The van der Waals surface area contributed by atoms with E-state index in [9.17, 15) is 22.8 Å². The van der Waals surface area contributed by atoms with Crippen molar-refractivity contribution in [1.82, 2.24) is 20.3 Å². The molecule has 10 heteroatoms. The quantitative estimate of drug-likeness (QED) is 0.318. The van der Waals surface area contributed by atoms with E-state index in [0.717, 1.165) is 47.8 Å². The van der Waals surface area contributed by atoms with Gasteiger partial charge in [-0.1, -0.05) is 26.7 Å². The summed E-state index contributed by atoms with van der Waals surface area (Å²) in [6.45, 7) is 3.97. The van der Waals surface area contributed by atoms with Crippen LogP contribution >= 0.6 is 0 Å². The molecule has 198 valence electrons. The van der Waals surface area contributed by atoms with Crippen LogP contribution in [0.4, 0.5) is 18.9 Å². The molecule has 0 spiro atoms. The normalized spacial score (nSPS) is 15.3. The van der Waals surface area contributed by atoms with Crippen LogP contribution in [0.5, 0.6) is 0 Å². The number of hydrogen-bond donors (Lipinski definition) is 3. The van der Waals surface area contributed by atoms with E-state index >= 15 is 0 Å². The lowest BCUT2D eigenvalue weighted by atomic mass is 9.96. The Labute approximate surface area is 213 Å². The second-order valence-corrected chi connectivity index (χ2v) is 10.1. The Kier molecular flexibility index (Phi) is 8.14. The number of rotatable bonds is 10. The molecule has 0 aliphatic heterocycles. The Morgan fingerprint density at radius 2 is 1.89 bits per heavy atom. The van der Waals surface area contributed by atoms with Gasteiger partial charge in [0.1, 0.15) is 5.65 Å². The van der Waals surface area contributed by atoms with Crippen molar-refractivity contribution >= 4 is 28.4 Å². The van der Waals surface area contributed by atoms with Gasteiger partial charge < -0.3 is 15.6 Å². The first-order valence-corrected chi connectivity index (χ1v) is 12.7. The third-order valence-electron chi connectivity index (χ3n) is 6.82. The monoisotopic (exact) mass is 515 g/mol. The zero-order valence-corrected chi connectivity index (χ0v) is 21.0. The summed E-state index contributed by atoms with van der Waals surface area (Å²) in [4.78, 5) is 36.8. The summed E-state index contributed by atoms with van der Waals surface area (Å²) in [6, 6.07) is 3.02. The van der Waals surface area contributed by atoms with Crippen molar-refractivity contribution in [1.29, 1.82) is 0 Å². The number of carbonyl (C=O) groups excluding carboxylic acids is 2. The van der Waals surface area contributed by atoms with E-state index in [1.165, 1.54) is 0 Å². The molecule has 0 bridgehead atoms. The van der Waals surface area contributed by atoms with Crippen LogP contribution in [0.15, 0.2) is 36.9 Å². The van der Waals surface area contributed by atoms with E-state index in [1.54, 1.807) is 32.4 Å². The molecule has 1 amide bonds. The van der Waals surface area contributed by atoms with Gasteiger partial charge in [0.05, 0.1) is 18.2 Å². The molecule has 3 heterocycles. The summed E-state index contributed by atoms with van der Waals surface area (Å²) in [5.41, 5.74) is 3.69. The number of fused-ring (bicyclic) bond motifs is 1. The number of carbonyl (C=O) groups is 2. The smallest absolute Gasteiger partial charge is 0.374 e. The number of ketones is 1. The Morgan fingerprint density at radius 3 is 2.59 bits per heavy atom. The molecule has 1 aliphatic carbocycles. The van der Waals surface area contributed by atoms with Crippen LogP contribution in [0.2, 0.25) is 0 Å². The molecule has 1 saturated carbocycles. The molecule has 1 unspecified atom stereocenters. The molecule has 37 heavy (non-hydrogen) atoms. The van der Waals surface area contributed by atoms with Crippen LogP contribution in [0.1, 0.15) is 57.9 Å². The fourth-order valence-corrected chi connectivity index (χ4v) is 4.79. The van der Waals surface area contributed by atoms with Crippen LogP contribution in [0, 0.1) is 11.8 Å². The van der Waals surface area contributed by atoms with Crippen LogP contribution in [0.3, 0.4) is 0 Å². The number of Topliss-reactive ketones (excluding diaryl/α,β-unsaturated/α-hetero) is 1. The number of nitrogens with zero attached hydrogens (tertiary/aromatic N) is 2. The molecule has 1 atom stereocenters. The van der Waals surface area contributed by atoms with E-state index < -0.39 is 30.8 Å². The van der Waals surface area contributed by atoms with Gasteiger partial charge in [-0.05, 0) is 36.5 Å². The molecule has 0 saturated heterocycles. The maximum atomic E-state index is 12.6. The molecule has 3 N–H and O–H groups in total. The fourth-order valence-electron chi connectivity index (χ4n) is 4.79. The lowest BCUT2D eigenvalue weighted by Crippen LogP contribution is -2.35. The van der Waals surface area contributed by atoms with Crippen molar-refractivity contribution in [3.63, 3.8) is 0 Å². The van der Waals surface area contributed by atoms with E-state index in [2.05, 4.69) is 25.6 Å². The third-order valence-corrected chi connectivity index (χ3v) is 6.82. The molecule has 7 nitrogen and oxygen atoms in total. The van der Waals surface area contributed by atoms with E-state index in [0.29, 0.717) is 17.9 Å². The Bertz CT molecular complexity index is 1250. The maximum absolute atomic E-state index is 12.6. The molecule has 3 aromatic rings. The van der Waals surface area contributed by atoms with Gasteiger partial charge in [0.15, 0.2) is 5.78 Å². The van der Waals surface area contributed by atoms with Gasteiger partial charge in [0, 0.05) is 60.2 Å². The zero-order valence-electron chi connectivity index (χ0n) is 21.0. The second kappa shape index (κ2) is 11.3. The topological polar surface area (TPSA) is 99.8 Å². The van der Waals surface area contributed by atoms with Gasteiger partial charge in [-0.3, -0.25) is 14.6 Å². The summed E-state index contributed by atoms with van der Waals surface area (Å²) in [5.74, 6) is -0.516. The van der Waals surface area contributed by atoms with Gasteiger partial charge in [-0.2, -0.15) is 13.2 Å². The number of H-pyrrole nitrogens is 1. The van der Waals surface area contributed by atoms with Gasteiger partial charge in [-0.25, -0.2) is 4.98 Å². The van der Waals surface area contributed by atoms with E-state index in [1.807, 2.05) is 18.3 Å². The summed E-state index contributed by atoms with van der Waals surface area (Å²) >= 11 is 0. The molecule has 1 fully saturated rings. The number of alkyl halides is 3. The van der Waals surface area contributed by atoms with E-state index in [-0.39, 0.29) is 17.7 Å². The molecule has 0 aromatic carbocycles. The minimum atomic E-state index is -4.37. The first-order valence-electron chi connectivity index (χ1n) is 12.7. The molecular weight excluding hydrogens is 483 g/mol. The number of halogens is 3. The SMILES string of the molecule is CC(C)C(Nc1cncc(-c2c[nH]c3ncc(CNC(=O)C4CCCC4)cc23)c1)C(=O)CCC(F)(F)F. The lowest BCUT2D eigenvalue weighted by Gasteiger charge is -2.22. The second-order valence-electron chi connectivity index (χ2n) is 10.1. The number of hydrogen-bond acceptors (Lipinski definition) is 5. The Hall–Kier alpha value is -3.43. The number of pyridine rings is 2. The number of nitrogens with one attached hydrogen (secondary N) is 3. The molecule has 4 rings (SSSR count). The summed E-state index contributed by atoms with van der Waals surface area (Å²) in [5, 5.41) is 6.95. The van der Waals surface area contributed by atoms with E-state index in [4.69, 9.17) is 0 Å². The fraction of sp³-hybridized carbons (Fsp3) is 0.481. The van der Waals surface area contributed by atoms with Crippen LogP contribution < -0.4 is 10.6 Å². The predicted octanol–water partition coefficient (Wildman–Crippen LogP) is 5.78. The van der Waals surface area contributed by atoms with Gasteiger partial charge in [0.2, 0.25) is 5.91 Å². The highest BCUT2D eigenvalue weighted by atomic mass is 19.4. The number of anilines is 1. The maximum Gasteiger partial charge on any atom is 0.389 e. The molecule has 1 aliphatic rings. The molecule has 3 aromatic heterocycles. The Morgan fingerprint density at radius 1 is 1.14 bits per heavy atom. The van der Waals surface area contributed by atoms with Gasteiger partial charge in [-0.15, -0.1) is 0 Å². The highest BCUT2D eigenvalue weighted by molar-refractivity contribution is 5.94. The first kappa shape index (κ1) is 26.6. The number of amides is 1. The largest absolute Gasteiger partial charge is 0.389 e. The summed E-state index contributed by atoms with van der Waals surface area (Å²) in [7, 11) is 0. The van der Waals surface area contributed by atoms with Crippen molar-refractivity contribution in [3.05, 3.63) is 42.5 Å². The first-order chi connectivity index (χ1) is 17.6. The minimum absolute atomic E-state index is 0.0827. The van der Waals surface area contributed by atoms with Crippen molar-refractivity contribution < 1.29 is 22.8 Å². The van der Waals surface area contributed by atoms with Crippen LogP contribution in [-0.4, -0.2) is 38.9 Å². The van der Waals surface area contributed by atoms with Crippen molar-refractivity contribution in [3.8, 4) is 11.1 Å². The van der Waals surface area contributed by atoms with Crippen molar-refractivity contribution in [2.75, 3.05) is 5.32 Å².